The largest absolute Gasteiger partial charge is 0.357 e. The van der Waals surface area contributed by atoms with Gasteiger partial charge >= 0.3 is 0 Å². The molecular formula is C20H20FN3O. The molecule has 4 rings (SSSR count). The van der Waals surface area contributed by atoms with Crippen LogP contribution < -0.4 is 10.7 Å². The lowest BCUT2D eigenvalue weighted by Crippen LogP contribution is -2.25. The number of nitrogens with zero attached hydrogens (tertiary/aromatic N) is 1. The van der Waals surface area contributed by atoms with E-state index in [1.54, 1.807) is 12.1 Å². The highest BCUT2D eigenvalue weighted by atomic mass is 19.1. The first-order valence-electron chi connectivity index (χ1n) is 8.58. The molecule has 1 aliphatic carbocycles. The molecule has 0 aliphatic heterocycles. The van der Waals surface area contributed by atoms with Crippen molar-refractivity contribution in [1.29, 1.82) is 0 Å². The monoisotopic (exact) mass is 337 g/mol. The summed E-state index contributed by atoms with van der Waals surface area (Å²) in [5.41, 5.74) is 3.54. The highest BCUT2D eigenvalue weighted by Gasteiger charge is 2.33. The van der Waals surface area contributed by atoms with Crippen molar-refractivity contribution in [2.75, 3.05) is 0 Å². The summed E-state index contributed by atoms with van der Waals surface area (Å²) in [6, 6.07) is 10.00. The number of halogens is 1. The van der Waals surface area contributed by atoms with Gasteiger partial charge in [0, 0.05) is 35.4 Å². The minimum Gasteiger partial charge on any atom is -0.357 e. The SMILES string of the molecule is Cc1cccnc1[C@@H](NCc1cc(=O)c2cc(F)ccc2[nH]1)C1CC1. The third-order valence-corrected chi connectivity index (χ3v) is 4.80. The maximum atomic E-state index is 13.3. The van der Waals surface area contributed by atoms with Crippen molar-refractivity contribution >= 4 is 10.9 Å². The van der Waals surface area contributed by atoms with Crippen LogP contribution in [0.4, 0.5) is 4.39 Å². The Bertz CT molecular complexity index is 978. The lowest BCUT2D eigenvalue weighted by Gasteiger charge is -2.19. The van der Waals surface area contributed by atoms with Crippen molar-refractivity contribution in [3.8, 4) is 0 Å². The molecule has 0 spiro atoms. The van der Waals surface area contributed by atoms with Crippen LogP contribution in [0.5, 0.6) is 0 Å². The van der Waals surface area contributed by atoms with Crippen molar-refractivity contribution in [1.82, 2.24) is 15.3 Å². The normalized spacial score (nSPS) is 15.4. The first-order valence-corrected chi connectivity index (χ1v) is 8.58. The van der Waals surface area contributed by atoms with E-state index in [4.69, 9.17) is 0 Å². The van der Waals surface area contributed by atoms with Crippen molar-refractivity contribution in [2.45, 2.75) is 32.4 Å². The quantitative estimate of drug-likeness (QED) is 0.748. The minimum atomic E-state index is -0.400. The number of aromatic amines is 1. The van der Waals surface area contributed by atoms with Gasteiger partial charge in [-0.05, 0) is 55.5 Å². The second-order valence-electron chi connectivity index (χ2n) is 6.75. The third kappa shape index (κ3) is 3.33. The molecule has 0 unspecified atom stereocenters. The Labute approximate surface area is 145 Å². The second-order valence-corrected chi connectivity index (χ2v) is 6.75. The summed E-state index contributed by atoms with van der Waals surface area (Å²) < 4.78 is 13.3. The first kappa shape index (κ1) is 16.0. The Balaban J connectivity index is 1.59. The van der Waals surface area contributed by atoms with Crippen LogP contribution in [0.1, 0.15) is 35.8 Å². The smallest absolute Gasteiger partial charge is 0.189 e. The van der Waals surface area contributed by atoms with E-state index in [1.807, 2.05) is 12.3 Å². The van der Waals surface area contributed by atoms with Crippen LogP contribution in [-0.4, -0.2) is 9.97 Å². The summed E-state index contributed by atoms with van der Waals surface area (Å²) in [5, 5.41) is 3.93. The van der Waals surface area contributed by atoms with E-state index in [1.165, 1.54) is 30.5 Å². The van der Waals surface area contributed by atoms with Crippen LogP contribution in [-0.2, 0) is 6.54 Å². The summed E-state index contributed by atoms with van der Waals surface area (Å²) in [4.78, 5) is 20.0. The van der Waals surface area contributed by atoms with Gasteiger partial charge in [-0.3, -0.25) is 9.78 Å². The van der Waals surface area contributed by atoms with E-state index in [2.05, 4.69) is 28.3 Å². The molecule has 2 N–H and O–H groups in total. The second kappa shape index (κ2) is 6.41. The Morgan fingerprint density at radius 2 is 2.16 bits per heavy atom. The molecule has 2 aromatic heterocycles. The standard InChI is InChI=1S/C20H20FN3O/c1-12-3-2-8-22-19(12)20(13-4-5-13)23-11-15-10-18(25)16-9-14(21)6-7-17(16)24-15/h2-3,6-10,13,20,23H,4-5,11H2,1H3,(H,24,25)/t20-/m0/s1. The van der Waals surface area contributed by atoms with Crippen LogP contribution in [0, 0.1) is 18.7 Å². The average Bonchev–Trinajstić information content (AvgIpc) is 3.42. The molecule has 2 heterocycles. The molecule has 4 nitrogen and oxygen atoms in total. The van der Waals surface area contributed by atoms with Crippen LogP contribution in [0.25, 0.3) is 10.9 Å². The number of aryl methyl sites for hydroxylation is 1. The lowest BCUT2D eigenvalue weighted by molar-refractivity contribution is 0.464. The first-order chi connectivity index (χ1) is 12.1. The minimum absolute atomic E-state index is 0.165. The molecular weight excluding hydrogens is 317 g/mol. The molecule has 1 aliphatic rings. The lowest BCUT2D eigenvalue weighted by atomic mass is 10.0. The molecule has 0 amide bonds. The van der Waals surface area contributed by atoms with Gasteiger partial charge in [0.25, 0.3) is 0 Å². The van der Waals surface area contributed by atoms with Crippen molar-refractivity contribution in [3.63, 3.8) is 0 Å². The molecule has 5 heteroatoms. The van der Waals surface area contributed by atoms with E-state index in [0.717, 1.165) is 11.4 Å². The maximum Gasteiger partial charge on any atom is 0.189 e. The average molecular weight is 337 g/mol. The molecule has 25 heavy (non-hydrogen) atoms. The van der Waals surface area contributed by atoms with Crippen LogP contribution in [0.15, 0.2) is 47.4 Å². The Morgan fingerprint density at radius 3 is 2.92 bits per heavy atom. The molecule has 128 valence electrons. The molecule has 3 aromatic rings. The Morgan fingerprint density at radius 1 is 1.32 bits per heavy atom. The summed E-state index contributed by atoms with van der Waals surface area (Å²) in [5.74, 6) is 0.193. The summed E-state index contributed by atoms with van der Waals surface area (Å²) in [6.07, 6.45) is 4.22. The molecule has 1 fully saturated rings. The number of hydrogen-bond acceptors (Lipinski definition) is 3. The van der Waals surface area contributed by atoms with Crippen LogP contribution >= 0.6 is 0 Å². The summed E-state index contributed by atoms with van der Waals surface area (Å²) in [6.45, 7) is 2.62. The molecule has 1 aromatic carbocycles. The highest BCUT2D eigenvalue weighted by Crippen LogP contribution is 2.41. The number of benzene rings is 1. The van der Waals surface area contributed by atoms with Crippen LogP contribution in [0.3, 0.4) is 0 Å². The molecule has 0 radical (unpaired) electrons. The number of fused-ring (bicyclic) bond motifs is 1. The number of nitrogens with one attached hydrogen (secondary N) is 2. The zero-order valence-corrected chi connectivity index (χ0v) is 14.1. The number of aromatic nitrogens is 2. The predicted molar refractivity (Wildman–Crippen MR) is 95.8 cm³/mol. The van der Waals surface area contributed by atoms with Gasteiger partial charge in [-0.15, -0.1) is 0 Å². The van der Waals surface area contributed by atoms with Gasteiger partial charge in [0.2, 0.25) is 0 Å². The highest BCUT2D eigenvalue weighted by molar-refractivity contribution is 5.78. The Kier molecular flexibility index (Phi) is 4.09. The fraction of sp³-hybridized carbons (Fsp3) is 0.300. The Hall–Kier alpha value is -2.53. The van der Waals surface area contributed by atoms with E-state index in [9.17, 15) is 9.18 Å². The number of pyridine rings is 2. The summed E-state index contributed by atoms with van der Waals surface area (Å²) in [7, 11) is 0. The molecule has 0 bridgehead atoms. The van der Waals surface area contributed by atoms with E-state index in [0.29, 0.717) is 23.4 Å². The number of H-pyrrole nitrogens is 1. The van der Waals surface area contributed by atoms with Gasteiger partial charge in [-0.25, -0.2) is 4.39 Å². The summed E-state index contributed by atoms with van der Waals surface area (Å²) >= 11 is 0. The third-order valence-electron chi connectivity index (χ3n) is 4.80. The molecule has 1 saturated carbocycles. The number of rotatable bonds is 5. The van der Waals surface area contributed by atoms with E-state index >= 15 is 0 Å². The number of hydrogen-bond donors (Lipinski definition) is 2. The van der Waals surface area contributed by atoms with Crippen molar-refractivity contribution < 1.29 is 4.39 Å². The van der Waals surface area contributed by atoms with Gasteiger partial charge in [0.05, 0.1) is 11.7 Å². The van der Waals surface area contributed by atoms with Gasteiger partial charge in [0.15, 0.2) is 5.43 Å². The van der Waals surface area contributed by atoms with Gasteiger partial charge in [-0.1, -0.05) is 6.07 Å². The fourth-order valence-corrected chi connectivity index (χ4v) is 3.33. The van der Waals surface area contributed by atoms with Crippen molar-refractivity contribution in [2.24, 2.45) is 5.92 Å². The fourth-order valence-electron chi connectivity index (χ4n) is 3.33. The van der Waals surface area contributed by atoms with E-state index in [-0.39, 0.29) is 11.5 Å². The van der Waals surface area contributed by atoms with Gasteiger partial charge in [0.1, 0.15) is 5.82 Å². The predicted octanol–water partition coefficient (Wildman–Crippen LogP) is 3.61. The topological polar surface area (TPSA) is 57.8 Å². The zero-order chi connectivity index (χ0) is 17.4. The molecule has 0 saturated heterocycles. The zero-order valence-electron chi connectivity index (χ0n) is 14.1. The maximum absolute atomic E-state index is 13.3. The van der Waals surface area contributed by atoms with Crippen LogP contribution in [0.2, 0.25) is 0 Å². The van der Waals surface area contributed by atoms with E-state index < -0.39 is 5.82 Å². The van der Waals surface area contributed by atoms with Gasteiger partial charge < -0.3 is 10.3 Å². The molecule has 1 atom stereocenters. The van der Waals surface area contributed by atoms with Gasteiger partial charge in [-0.2, -0.15) is 0 Å². The van der Waals surface area contributed by atoms with Crippen molar-refractivity contribution in [3.05, 3.63) is 75.6 Å².